The van der Waals surface area contributed by atoms with E-state index in [1.165, 1.54) is 36.4 Å². The first kappa shape index (κ1) is 16.4. The van der Waals surface area contributed by atoms with Crippen molar-refractivity contribution in [1.29, 1.82) is 0 Å². The van der Waals surface area contributed by atoms with Gasteiger partial charge in [0.15, 0.2) is 0 Å². The Labute approximate surface area is 142 Å². The van der Waals surface area contributed by atoms with Gasteiger partial charge in [0.2, 0.25) is 0 Å². The zero-order valence-electron chi connectivity index (χ0n) is 12.9. The van der Waals surface area contributed by atoms with Crippen molar-refractivity contribution in [1.82, 2.24) is 4.98 Å². The third-order valence-electron chi connectivity index (χ3n) is 3.35. The highest BCUT2D eigenvalue weighted by molar-refractivity contribution is 6.12. The number of nitrogens with zero attached hydrogens (tertiary/aromatic N) is 2. The third kappa shape index (κ3) is 4.11. The van der Waals surface area contributed by atoms with Crippen molar-refractivity contribution in [2.24, 2.45) is 5.16 Å². The average Bonchev–Trinajstić information content (AvgIpc) is 2.64. The first-order valence-corrected chi connectivity index (χ1v) is 7.35. The first-order chi connectivity index (χ1) is 12.1. The van der Waals surface area contributed by atoms with Gasteiger partial charge in [0.25, 0.3) is 0 Å². The monoisotopic (exact) mass is 338 g/mol. The van der Waals surface area contributed by atoms with Crippen LogP contribution in [0, 0.1) is 11.6 Å². The van der Waals surface area contributed by atoms with E-state index in [1.807, 2.05) is 0 Å². The Bertz CT molecular complexity index is 893. The number of hydrogen-bond acceptors (Lipinski definition) is 4. The summed E-state index contributed by atoms with van der Waals surface area (Å²) >= 11 is 0. The van der Waals surface area contributed by atoms with Crippen LogP contribution in [0.3, 0.4) is 0 Å². The van der Waals surface area contributed by atoms with E-state index in [2.05, 4.69) is 10.1 Å². The van der Waals surface area contributed by atoms with Crippen LogP contribution in [0.5, 0.6) is 0 Å². The SMILES string of the molecule is O=C(O/N=C(/c1ccc(F)cc1)c1cccnc1)c1ccc(F)cc1. The normalized spacial score (nSPS) is 11.2. The Kier molecular flexibility index (Phi) is 4.89. The number of benzene rings is 2. The van der Waals surface area contributed by atoms with Gasteiger partial charge in [-0.1, -0.05) is 5.16 Å². The Balaban J connectivity index is 1.91. The molecule has 4 nitrogen and oxygen atoms in total. The van der Waals surface area contributed by atoms with Gasteiger partial charge in [-0.25, -0.2) is 13.6 Å². The van der Waals surface area contributed by atoms with Gasteiger partial charge in [-0.2, -0.15) is 0 Å². The third-order valence-corrected chi connectivity index (χ3v) is 3.35. The van der Waals surface area contributed by atoms with Crippen LogP contribution in [0.4, 0.5) is 8.78 Å². The van der Waals surface area contributed by atoms with Gasteiger partial charge in [-0.15, -0.1) is 0 Å². The zero-order chi connectivity index (χ0) is 17.6. The van der Waals surface area contributed by atoms with Gasteiger partial charge in [-0.05, 0) is 60.7 Å². The van der Waals surface area contributed by atoms with Crippen LogP contribution in [0.25, 0.3) is 0 Å². The fraction of sp³-hybridized carbons (Fsp3) is 0. The summed E-state index contributed by atoms with van der Waals surface area (Å²) in [5, 5.41) is 3.90. The lowest BCUT2D eigenvalue weighted by atomic mass is 10.0. The zero-order valence-corrected chi connectivity index (χ0v) is 12.9. The molecule has 25 heavy (non-hydrogen) atoms. The van der Waals surface area contributed by atoms with Crippen LogP contribution in [0.15, 0.2) is 78.2 Å². The quantitative estimate of drug-likeness (QED) is 0.411. The maximum atomic E-state index is 13.2. The van der Waals surface area contributed by atoms with Crippen LogP contribution >= 0.6 is 0 Å². The molecule has 0 bridgehead atoms. The molecule has 0 saturated carbocycles. The Morgan fingerprint density at radius 1 is 0.840 bits per heavy atom. The molecule has 0 aliphatic heterocycles. The number of halogens is 2. The van der Waals surface area contributed by atoms with E-state index in [-0.39, 0.29) is 5.56 Å². The van der Waals surface area contributed by atoms with Crippen molar-refractivity contribution in [3.63, 3.8) is 0 Å². The summed E-state index contributed by atoms with van der Waals surface area (Å²) in [5.74, 6) is -1.58. The molecule has 0 aliphatic rings. The Hall–Kier alpha value is -3.41. The summed E-state index contributed by atoms with van der Waals surface area (Å²) in [6.07, 6.45) is 3.14. The van der Waals surface area contributed by atoms with Crippen molar-refractivity contribution in [3.05, 3.63) is 101 Å². The molecule has 6 heteroatoms. The second kappa shape index (κ2) is 7.44. The molecule has 0 spiro atoms. The molecular formula is C19H12F2N2O2. The van der Waals surface area contributed by atoms with Crippen LogP contribution in [-0.2, 0) is 4.84 Å². The molecule has 0 aliphatic carbocycles. The Morgan fingerprint density at radius 3 is 2.00 bits per heavy atom. The van der Waals surface area contributed by atoms with Crippen molar-refractivity contribution < 1.29 is 18.4 Å². The second-order valence-electron chi connectivity index (χ2n) is 5.07. The molecule has 3 aromatic rings. The highest BCUT2D eigenvalue weighted by Gasteiger charge is 2.12. The second-order valence-corrected chi connectivity index (χ2v) is 5.07. The average molecular weight is 338 g/mol. The minimum Gasteiger partial charge on any atom is -0.312 e. The summed E-state index contributed by atoms with van der Waals surface area (Å²) in [5.41, 5.74) is 1.64. The summed E-state index contributed by atoms with van der Waals surface area (Å²) in [6, 6.07) is 14.0. The van der Waals surface area contributed by atoms with Crippen LogP contribution in [-0.4, -0.2) is 16.7 Å². The maximum Gasteiger partial charge on any atom is 0.365 e. The number of pyridine rings is 1. The number of rotatable bonds is 4. The van der Waals surface area contributed by atoms with Crippen LogP contribution < -0.4 is 0 Å². The number of carbonyl (C=O) groups is 1. The largest absolute Gasteiger partial charge is 0.365 e. The molecule has 0 radical (unpaired) electrons. The van der Waals surface area contributed by atoms with Crippen LogP contribution in [0.2, 0.25) is 0 Å². The van der Waals surface area contributed by atoms with Gasteiger partial charge in [0, 0.05) is 23.5 Å². The lowest BCUT2D eigenvalue weighted by Gasteiger charge is -2.06. The van der Waals surface area contributed by atoms with Gasteiger partial charge >= 0.3 is 5.97 Å². The first-order valence-electron chi connectivity index (χ1n) is 7.35. The van der Waals surface area contributed by atoms with E-state index in [1.54, 1.807) is 24.5 Å². The van der Waals surface area contributed by atoms with Crippen molar-refractivity contribution in [2.75, 3.05) is 0 Å². The summed E-state index contributed by atoms with van der Waals surface area (Å²) in [7, 11) is 0. The fourth-order valence-electron chi connectivity index (χ4n) is 2.11. The highest BCUT2D eigenvalue weighted by atomic mass is 19.1. The summed E-state index contributed by atoms with van der Waals surface area (Å²) < 4.78 is 26.1. The molecule has 0 amide bonds. The number of oxime groups is 1. The van der Waals surface area contributed by atoms with Gasteiger partial charge < -0.3 is 4.84 Å². The van der Waals surface area contributed by atoms with E-state index in [4.69, 9.17) is 4.84 Å². The van der Waals surface area contributed by atoms with E-state index >= 15 is 0 Å². The molecule has 0 atom stereocenters. The molecule has 0 N–H and O–H groups in total. The number of hydrogen-bond donors (Lipinski definition) is 0. The summed E-state index contributed by atoms with van der Waals surface area (Å²) in [4.78, 5) is 21.0. The lowest BCUT2D eigenvalue weighted by Crippen LogP contribution is -2.08. The van der Waals surface area contributed by atoms with E-state index < -0.39 is 17.6 Å². The molecule has 2 aromatic carbocycles. The molecule has 0 fully saturated rings. The molecule has 1 heterocycles. The molecule has 124 valence electrons. The molecular weight excluding hydrogens is 326 g/mol. The van der Waals surface area contributed by atoms with E-state index in [0.29, 0.717) is 16.8 Å². The number of aromatic nitrogens is 1. The maximum absolute atomic E-state index is 13.2. The molecule has 0 saturated heterocycles. The Morgan fingerprint density at radius 2 is 1.44 bits per heavy atom. The lowest BCUT2D eigenvalue weighted by molar-refractivity contribution is 0.0517. The molecule has 3 rings (SSSR count). The van der Waals surface area contributed by atoms with E-state index in [0.717, 1.165) is 12.1 Å². The van der Waals surface area contributed by atoms with Crippen molar-refractivity contribution >= 4 is 11.7 Å². The van der Waals surface area contributed by atoms with Gasteiger partial charge in [-0.3, -0.25) is 4.98 Å². The minimum atomic E-state index is -0.733. The van der Waals surface area contributed by atoms with E-state index in [9.17, 15) is 13.6 Å². The predicted octanol–water partition coefficient (Wildman–Crippen LogP) is 3.97. The fourth-order valence-corrected chi connectivity index (χ4v) is 2.11. The van der Waals surface area contributed by atoms with Crippen LogP contribution in [0.1, 0.15) is 21.5 Å². The van der Waals surface area contributed by atoms with Gasteiger partial charge in [0.1, 0.15) is 17.3 Å². The minimum absolute atomic E-state index is 0.162. The summed E-state index contributed by atoms with van der Waals surface area (Å²) in [6.45, 7) is 0. The molecule has 1 aromatic heterocycles. The van der Waals surface area contributed by atoms with Crippen molar-refractivity contribution in [3.8, 4) is 0 Å². The predicted molar refractivity (Wildman–Crippen MR) is 88.1 cm³/mol. The standard InChI is InChI=1S/C19H12F2N2O2/c20-16-7-3-13(4-8-16)18(15-2-1-11-22-12-15)23-25-19(24)14-5-9-17(21)10-6-14/h1-12H/b23-18-. The van der Waals surface area contributed by atoms with Crippen molar-refractivity contribution in [2.45, 2.75) is 0 Å². The smallest absolute Gasteiger partial charge is 0.312 e. The van der Waals surface area contributed by atoms with Gasteiger partial charge in [0.05, 0.1) is 5.56 Å². The topological polar surface area (TPSA) is 51.5 Å². The number of carbonyl (C=O) groups excluding carboxylic acids is 1. The highest BCUT2D eigenvalue weighted by Crippen LogP contribution is 2.13. The molecule has 0 unspecified atom stereocenters.